The van der Waals surface area contributed by atoms with Crippen molar-refractivity contribution in [1.29, 1.82) is 0 Å². The first-order chi connectivity index (χ1) is 12.2. The van der Waals surface area contributed by atoms with Crippen LogP contribution in [0.25, 0.3) is 11.6 Å². The molecule has 0 unspecified atom stereocenters. The molecule has 3 aromatic heterocycles. The molecule has 1 atom stereocenters. The zero-order valence-corrected chi connectivity index (χ0v) is 13.8. The van der Waals surface area contributed by atoms with Crippen molar-refractivity contribution in [1.82, 2.24) is 30.2 Å². The molecule has 1 amide bonds. The molecular weight excluding hydrogens is 324 g/mol. The summed E-state index contributed by atoms with van der Waals surface area (Å²) in [6.07, 6.45) is 4.08. The summed E-state index contributed by atoms with van der Waals surface area (Å²) in [5.74, 6) is 2.84. The van der Waals surface area contributed by atoms with E-state index in [4.69, 9.17) is 8.94 Å². The fourth-order valence-electron chi connectivity index (χ4n) is 3.06. The van der Waals surface area contributed by atoms with Crippen LogP contribution in [0.3, 0.4) is 0 Å². The van der Waals surface area contributed by atoms with Gasteiger partial charge in [-0.1, -0.05) is 5.16 Å². The Bertz CT molecular complexity index is 853. The second-order valence-electron chi connectivity index (χ2n) is 6.01. The molecular formula is C16H18N6O3. The second-order valence-corrected chi connectivity index (χ2v) is 6.01. The Morgan fingerprint density at radius 3 is 3.12 bits per heavy atom. The number of nitrogens with one attached hydrogen (secondary N) is 1. The molecule has 4 rings (SSSR count). The largest absolute Gasteiger partial charge is 0.461 e. The third-order valence-corrected chi connectivity index (χ3v) is 4.25. The van der Waals surface area contributed by atoms with Gasteiger partial charge in [-0.25, -0.2) is 4.98 Å². The van der Waals surface area contributed by atoms with Crippen LogP contribution in [0.4, 0.5) is 0 Å². The number of likely N-dealkylation sites (tertiary alicyclic amines) is 1. The Morgan fingerprint density at radius 2 is 2.36 bits per heavy atom. The Morgan fingerprint density at radius 1 is 1.44 bits per heavy atom. The molecule has 9 heteroatoms. The summed E-state index contributed by atoms with van der Waals surface area (Å²) in [5, 5.41) is 10.9. The normalized spacial score (nSPS) is 17.3. The van der Waals surface area contributed by atoms with Crippen LogP contribution < -0.4 is 0 Å². The van der Waals surface area contributed by atoms with Crippen LogP contribution in [0.15, 0.2) is 27.3 Å². The maximum atomic E-state index is 12.6. The van der Waals surface area contributed by atoms with E-state index >= 15 is 0 Å². The van der Waals surface area contributed by atoms with E-state index in [-0.39, 0.29) is 11.9 Å². The second kappa shape index (κ2) is 6.50. The maximum Gasteiger partial charge on any atom is 0.238 e. The number of carbonyl (C=O) groups excluding carboxylic acids is 1. The zero-order chi connectivity index (χ0) is 17.2. The monoisotopic (exact) mass is 342 g/mol. The molecule has 0 aliphatic carbocycles. The van der Waals surface area contributed by atoms with E-state index in [1.165, 1.54) is 0 Å². The molecule has 1 aliphatic rings. The van der Waals surface area contributed by atoms with Crippen molar-refractivity contribution in [3.05, 3.63) is 35.9 Å². The predicted molar refractivity (Wildman–Crippen MR) is 85.1 cm³/mol. The Labute approximate surface area is 143 Å². The average molecular weight is 342 g/mol. The number of nitrogens with zero attached hydrogens (tertiary/aromatic N) is 5. The lowest BCUT2D eigenvalue weighted by molar-refractivity contribution is -0.132. The topological polar surface area (TPSA) is 114 Å². The third-order valence-electron chi connectivity index (χ3n) is 4.25. The van der Waals surface area contributed by atoms with Crippen molar-refractivity contribution in [2.24, 2.45) is 0 Å². The van der Waals surface area contributed by atoms with E-state index < -0.39 is 0 Å². The maximum absolute atomic E-state index is 12.6. The molecule has 1 aliphatic heterocycles. The number of carbonyl (C=O) groups is 1. The highest BCUT2D eigenvalue weighted by Crippen LogP contribution is 2.30. The highest BCUT2D eigenvalue weighted by atomic mass is 16.5. The SMILES string of the molecule is Cc1nc([C@@H]2CCCN2C(=O)CCc2nc(-c3ccco3)no2)n[nH]1. The van der Waals surface area contributed by atoms with Crippen LogP contribution in [0.2, 0.25) is 0 Å². The summed E-state index contributed by atoms with van der Waals surface area (Å²) in [6, 6.07) is 3.46. The number of hydrogen-bond acceptors (Lipinski definition) is 7. The van der Waals surface area contributed by atoms with Crippen molar-refractivity contribution in [3.8, 4) is 11.6 Å². The molecule has 4 heterocycles. The lowest BCUT2D eigenvalue weighted by Crippen LogP contribution is -2.31. The van der Waals surface area contributed by atoms with Gasteiger partial charge in [0.25, 0.3) is 0 Å². The van der Waals surface area contributed by atoms with Crippen LogP contribution in [-0.4, -0.2) is 42.7 Å². The van der Waals surface area contributed by atoms with E-state index in [1.807, 2.05) is 11.8 Å². The minimum Gasteiger partial charge on any atom is -0.461 e. The summed E-state index contributed by atoms with van der Waals surface area (Å²) in [5.41, 5.74) is 0. The van der Waals surface area contributed by atoms with Crippen LogP contribution in [0.1, 0.15) is 42.8 Å². The quantitative estimate of drug-likeness (QED) is 0.754. The van der Waals surface area contributed by atoms with Crippen molar-refractivity contribution in [2.45, 2.75) is 38.6 Å². The van der Waals surface area contributed by atoms with E-state index in [9.17, 15) is 4.79 Å². The van der Waals surface area contributed by atoms with E-state index in [0.29, 0.717) is 36.1 Å². The van der Waals surface area contributed by atoms with Crippen molar-refractivity contribution in [2.75, 3.05) is 6.54 Å². The van der Waals surface area contributed by atoms with Crippen LogP contribution in [0, 0.1) is 6.92 Å². The first kappa shape index (κ1) is 15.6. The number of rotatable bonds is 5. The minimum atomic E-state index is -0.0567. The van der Waals surface area contributed by atoms with Gasteiger partial charge >= 0.3 is 0 Å². The summed E-state index contributed by atoms with van der Waals surface area (Å²) in [6.45, 7) is 2.57. The highest BCUT2D eigenvalue weighted by molar-refractivity contribution is 5.77. The molecule has 130 valence electrons. The molecule has 0 saturated carbocycles. The first-order valence-electron chi connectivity index (χ1n) is 8.25. The molecule has 0 radical (unpaired) electrons. The standard InChI is InChI=1S/C16H18N6O3/c1-10-17-15(20-19-10)11-4-2-8-22(11)14(23)7-6-13-18-16(21-25-13)12-5-3-9-24-12/h3,5,9,11H,2,4,6-8H2,1H3,(H,17,19,20)/t11-/m0/s1. The molecule has 1 fully saturated rings. The summed E-state index contributed by atoms with van der Waals surface area (Å²) < 4.78 is 10.4. The highest BCUT2D eigenvalue weighted by Gasteiger charge is 2.32. The average Bonchev–Trinajstić information content (AvgIpc) is 3.38. The van der Waals surface area contributed by atoms with Gasteiger partial charge in [0, 0.05) is 19.4 Å². The third kappa shape index (κ3) is 3.17. The minimum absolute atomic E-state index is 0.0442. The number of hydrogen-bond donors (Lipinski definition) is 1. The molecule has 25 heavy (non-hydrogen) atoms. The molecule has 0 spiro atoms. The number of aromatic nitrogens is 5. The fraction of sp³-hybridized carbons (Fsp3) is 0.438. The summed E-state index contributed by atoms with van der Waals surface area (Å²) in [7, 11) is 0. The zero-order valence-electron chi connectivity index (χ0n) is 13.8. The van der Waals surface area contributed by atoms with Gasteiger partial charge < -0.3 is 13.8 Å². The Balaban J connectivity index is 1.38. The number of aromatic amines is 1. The van der Waals surface area contributed by atoms with E-state index in [2.05, 4.69) is 25.3 Å². The van der Waals surface area contributed by atoms with Gasteiger partial charge in [-0.15, -0.1) is 0 Å². The summed E-state index contributed by atoms with van der Waals surface area (Å²) >= 11 is 0. The Kier molecular flexibility index (Phi) is 4.04. The molecule has 1 N–H and O–H groups in total. The van der Waals surface area contributed by atoms with Gasteiger partial charge in [0.2, 0.25) is 17.6 Å². The molecule has 9 nitrogen and oxygen atoms in total. The van der Waals surface area contributed by atoms with Gasteiger partial charge in [0.15, 0.2) is 11.6 Å². The fourth-order valence-corrected chi connectivity index (χ4v) is 3.06. The van der Waals surface area contributed by atoms with Crippen molar-refractivity contribution < 1.29 is 13.7 Å². The van der Waals surface area contributed by atoms with Crippen molar-refractivity contribution >= 4 is 5.91 Å². The van der Waals surface area contributed by atoms with Crippen LogP contribution >= 0.6 is 0 Å². The van der Waals surface area contributed by atoms with Gasteiger partial charge in [-0.05, 0) is 31.9 Å². The molecule has 0 bridgehead atoms. The number of aryl methyl sites for hydroxylation is 2. The smallest absolute Gasteiger partial charge is 0.238 e. The Hall–Kier alpha value is -2.97. The van der Waals surface area contributed by atoms with Crippen LogP contribution in [-0.2, 0) is 11.2 Å². The van der Waals surface area contributed by atoms with Crippen LogP contribution in [0.5, 0.6) is 0 Å². The van der Waals surface area contributed by atoms with Gasteiger partial charge in [-0.3, -0.25) is 9.89 Å². The lowest BCUT2D eigenvalue weighted by Gasteiger charge is -2.22. The van der Waals surface area contributed by atoms with Gasteiger partial charge in [0.05, 0.1) is 12.3 Å². The molecule has 1 saturated heterocycles. The van der Waals surface area contributed by atoms with Gasteiger partial charge in [-0.2, -0.15) is 10.1 Å². The molecule has 0 aromatic carbocycles. The van der Waals surface area contributed by atoms with Gasteiger partial charge in [0.1, 0.15) is 5.82 Å². The number of amides is 1. The van der Waals surface area contributed by atoms with Crippen molar-refractivity contribution in [3.63, 3.8) is 0 Å². The van der Waals surface area contributed by atoms with E-state index in [1.54, 1.807) is 18.4 Å². The molecule has 3 aromatic rings. The number of H-pyrrole nitrogens is 1. The number of furan rings is 1. The first-order valence-corrected chi connectivity index (χ1v) is 8.25. The predicted octanol–water partition coefficient (Wildman–Crippen LogP) is 2.05. The lowest BCUT2D eigenvalue weighted by atomic mass is 10.2. The summed E-state index contributed by atoms with van der Waals surface area (Å²) in [4.78, 5) is 23.1. The van der Waals surface area contributed by atoms with E-state index in [0.717, 1.165) is 25.2 Å².